The fourth-order valence-electron chi connectivity index (χ4n) is 2.97. The molecular weight excluding hydrogens is 428 g/mol. The lowest BCUT2D eigenvalue weighted by Gasteiger charge is -2.06. The van der Waals surface area contributed by atoms with Gasteiger partial charge in [0.25, 0.3) is 0 Å². The molecule has 0 fully saturated rings. The molecule has 0 amide bonds. The molecule has 0 heterocycles. The summed E-state index contributed by atoms with van der Waals surface area (Å²) in [6.07, 6.45) is 11.7. The molecule has 4 N–H and O–H groups in total. The number of rotatable bonds is 13. The molecule has 29 heavy (non-hydrogen) atoms. The monoisotopic (exact) mass is 462 g/mol. The molecule has 0 bridgehead atoms. The fraction of sp³-hybridized carbons (Fsp3) is 0.458. The van der Waals surface area contributed by atoms with Crippen molar-refractivity contribution in [3.63, 3.8) is 0 Å². The van der Waals surface area contributed by atoms with Crippen LogP contribution in [0.25, 0.3) is 0 Å². The van der Waals surface area contributed by atoms with Gasteiger partial charge in [-0.15, -0.1) is 0 Å². The summed E-state index contributed by atoms with van der Waals surface area (Å²) < 4.78 is 5.58. The van der Waals surface area contributed by atoms with Gasteiger partial charge in [-0.05, 0) is 49.1 Å². The Bertz CT molecular complexity index is 717. The number of nitrogens with zero attached hydrogens (tertiary/aromatic N) is 1. The van der Waals surface area contributed by atoms with Gasteiger partial charge in [0.05, 0.1) is 12.3 Å². The number of halogens is 1. The summed E-state index contributed by atoms with van der Waals surface area (Å²) in [6, 6.07) is 13.7. The number of alkyl halides is 1. The van der Waals surface area contributed by atoms with Crippen molar-refractivity contribution < 1.29 is 9.84 Å². The highest BCUT2D eigenvalue weighted by Crippen LogP contribution is 2.23. The molecule has 0 aromatic heterocycles. The van der Waals surface area contributed by atoms with E-state index in [1.807, 2.05) is 24.3 Å². The lowest BCUT2D eigenvalue weighted by molar-refractivity contribution is 0.317. The second-order valence-electron chi connectivity index (χ2n) is 7.05. The van der Waals surface area contributed by atoms with Gasteiger partial charge >= 0.3 is 0 Å². The van der Waals surface area contributed by atoms with E-state index in [0.29, 0.717) is 17.9 Å². The van der Waals surface area contributed by atoms with Crippen molar-refractivity contribution in [3.8, 4) is 11.5 Å². The third kappa shape index (κ3) is 9.95. The molecule has 2 aromatic carbocycles. The molecule has 0 aliphatic rings. The fourth-order valence-corrected chi connectivity index (χ4v) is 3.20. The predicted molar refractivity (Wildman–Crippen MR) is 128 cm³/mol. The first-order valence-electron chi connectivity index (χ1n) is 10.4. The van der Waals surface area contributed by atoms with Crippen LogP contribution in [0.3, 0.4) is 0 Å². The zero-order chi connectivity index (χ0) is 20.0. The average Bonchev–Trinajstić information content (AvgIpc) is 2.71. The van der Waals surface area contributed by atoms with E-state index in [0.717, 1.165) is 23.9 Å². The Hall–Kier alpha value is -1.85. The molecule has 4 nitrogen and oxygen atoms in total. The van der Waals surface area contributed by atoms with Gasteiger partial charge in [0.1, 0.15) is 11.5 Å². The number of hydrogen-bond acceptors (Lipinski definition) is 4. The van der Waals surface area contributed by atoms with Crippen molar-refractivity contribution in [2.75, 3.05) is 11.9 Å². The number of phenolic OH excluding ortho intramolecular Hbond substituents is 1. The molecule has 0 saturated carbocycles. The van der Waals surface area contributed by atoms with E-state index in [9.17, 15) is 5.11 Å². The molecule has 0 radical (unpaired) electrons. The summed E-state index contributed by atoms with van der Waals surface area (Å²) in [5.74, 6) is 0.856. The van der Waals surface area contributed by atoms with Crippen LogP contribution in [0, 0.1) is 0 Å². The van der Waals surface area contributed by atoms with Gasteiger partial charge in [0.2, 0.25) is 0 Å². The maximum absolute atomic E-state index is 10.2. The Morgan fingerprint density at radius 2 is 1.69 bits per heavy atom. The zero-order valence-corrected chi connectivity index (χ0v) is 19.2. The topological polar surface area (TPSA) is 76.8 Å². The van der Waals surface area contributed by atoms with Gasteiger partial charge in [-0.2, -0.15) is 0 Å². The minimum absolute atomic E-state index is 0. The molecule has 2 aromatic rings. The minimum atomic E-state index is 0. The molecule has 5 heteroatoms. The second-order valence-corrected chi connectivity index (χ2v) is 7.85. The van der Waals surface area contributed by atoms with E-state index < -0.39 is 0 Å². The number of aromatic hydroxyl groups is 1. The summed E-state index contributed by atoms with van der Waals surface area (Å²) in [4.78, 5) is 4.48. The van der Waals surface area contributed by atoms with Crippen LogP contribution in [-0.2, 0) is 6.42 Å². The van der Waals surface area contributed by atoms with E-state index in [1.165, 1.54) is 44.1 Å². The summed E-state index contributed by atoms with van der Waals surface area (Å²) in [5, 5.41) is 11.1. The van der Waals surface area contributed by atoms with Crippen LogP contribution in [0.4, 0.5) is 5.69 Å². The molecule has 160 valence electrons. The van der Waals surface area contributed by atoms with Crippen molar-refractivity contribution in [2.45, 2.75) is 58.3 Å². The summed E-state index contributed by atoms with van der Waals surface area (Å²) in [7, 11) is 0. The number of phenols is 1. The number of unbranched alkanes of at least 4 members (excludes halogenated alkanes) is 5. The molecule has 0 atom stereocenters. The number of hydrogen-bond donors (Lipinski definition) is 2. The van der Waals surface area contributed by atoms with Crippen molar-refractivity contribution in [3.05, 3.63) is 53.6 Å². The molecule has 2 rings (SSSR count). The predicted octanol–water partition coefficient (Wildman–Crippen LogP) is 7.37. The first kappa shape index (κ1) is 25.2. The van der Waals surface area contributed by atoms with E-state index >= 15 is 0 Å². The molecule has 0 aliphatic carbocycles. The average molecular weight is 463 g/mol. The van der Waals surface area contributed by atoms with Crippen LogP contribution >= 0.6 is 15.9 Å². The number of benzene rings is 2. The lowest BCUT2D eigenvalue weighted by atomic mass is 10.0. The van der Waals surface area contributed by atoms with Gasteiger partial charge in [-0.1, -0.05) is 67.1 Å². The summed E-state index contributed by atoms with van der Waals surface area (Å²) >= 11 is 3.37. The highest BCUT2D eigenvalue weighted by molar-refractivity contribution is 9.09. The van der Waals surface area contributed by atoms with Gasteiger partial charge in [0.15, 0.2) is 0 Å². The lowest BCUT2D eigenvalue weighted by Crippen LogP contribution is -1.97. The maximum atomic E-state index is 10.2. The quantitative estimate of drug-likeness (QED) is 0.185. The SMILES string of the molecule is CCCCCCCCc1ccc(N=Cc2ccc(OCCCBr)cc2O)cc1.N. The smallest absolute Gasteiger partial charge is 0.128 e. The Labute approximate surface area is 184 Å². The van der Waals surface area contributed by atoms with Crippen LogP contribution in [-0.4, -0.2) is 23.3 Å². The van der Waals surface area contributed by atoms with Crippen LogP contribution < -0.4 is 10.9 Å². The van der Waals surface area contributed by atoms with E-state index in [2.05, 4.69) is 40.0 Å². The highest BCUT2D eigenvalue weighted by atomic mass is 79.9. The highest BCUT2D eigenvalue weighted by Gasteiger charge is 2.02. The Kier molecular flexibility index (Phi) is 13.1. The Morgan fingerprint density at radius 3 is 2.38 bits per heavy atom. The van der Waals surface area contributed by atoms with Crippen LogP contribution in [0.1, 0.15) is 63.0 Å². The van der Waals surface area contributed by atoms with E-state index in [4.69, 9.17) is 4.74 Å². The summed E-state index contributed by atoms with van der Waals surface area (Å²) in [6.45, 7) is 2.88. The van der Waals surface area contributed by atoms with Crippen molar-refractivity contribution in [1.29, 1.82) is 0 Å². The van der Waals surface area contributed by atoms with Gasteiger partial charge in [-0.25, -0.2) is 0 Å². The van der Waals surface area contributed by atoms with Gasteiger partial charge in [-0.3, -0.25) is 4.99 Å². The van der Waals surface area contributed by atoms with Crippen LogP contribution in [0.5, 0.6) is 11.5 Å². The Balaban J connectivity index is 0.00000420. The number of aliphatic imine (C=N–C) groups is 1. The zero-order valence-electron chi connectivity index (χ0n) is 17.6. The minimum Gasteiger partial charge on any atom is -0.507 e. The van der Waals surface area contributed by atoms with Gasteiger partial charge < -0.3 is 16.0 Å². The van der Waals surface area contributed by atoms with Crippen LogP contribution in [0.15, 0.2) is 47.5 Å². The summed E-state index contributed by atoms with van der Waals surface area (Å²) in [5.41, 5.74) is 2.94. The standard InChI is InChI=1S/C24H32BrNO2.H3N/c1-2-3-4-5-6-7-9-20-10-13-22(14-11-20)26-19-21-12-15-23(18-24(21)27)28-17-8-16-25;/h10-15,18-19,27H,2-9,16-17H2,1H3;1H3. The molecule has 0 saturated heterocycles. The molecule has 0 spiro atoms. The molecule has 0 unspecified atom stereocenters. The molecular formula is C24H35BrN2O2. The van der Waals surface area contributed by atoms with E-state index in [-0.39, 0.29) is 11.9 Å². The van der Waals surface area contributed by atoms with Crippen molar-refractivity contribution >= 4 is 27.8 Å². The van der Waals surface area contributed by atoms with E-state index in [1.54, 1.807) is 12.3 Å². The largest absolute Gasteiger partial charge is 0.507 e. The van der Waals surface area contributed by atoms with Crippen LogP contribution in [0.2, 0.25) is 0 Å². The van der Waals surface area contributed by atoms with Gasteiger partial charge in [0, 0.05) is 23.2 Å². The number of ether oxygens (including phenoxy) is 1. The normalized spacial score (nSPS) is 10.8. The van der Waals surface area contributed by atoms with Crippen molar-refractivity contribution in [1.82, 2.24) is 6.15 Å². The molecule has 0 aliphatic heterocycles. The van der Waals surface area contributed by atoms with Crippen molar-refractivity contribution in [2.24, 2.45) is 4.99 Å². The second kappa shape index (κ2) is 15.1. The maximum Gasteiger partial charge on any atom is 0.128 e. The number of aryl methyl sites for hydroxylation is 1. The third-order valence-corrected chi connectivity index (χ3v) is 5.22. The first-order chi connectivity index (χ1) is 13.7. The third-order valence-electron chi connectivity index (χ3n) is 4.66. The first-order valence-corrected chi connectivity index (χ1v) is 11.5. The Morgan fingerprint density at radius 1 is 0.966 bits per heavy atom.